The Balaban J connectivity index is 1.76. The van der Waals surface area contributed by atoms with E-state index in [4.69, 9.17) is 14.4 Å². The van der Waals surface area contributed by atoms with Crippen LogP contribution in [0.2, 0.25) is 0 Å². The quantitative estimate of drug-likeness (QED) is 0.814. The maximum Gasteiger partial charge on any atom is 0.329 e. The standard InChI is InChI=1S/C11H16N2O4/c1-8-3-9(12-17-8)4-13-6-11(2,7-13)16-5-10(14)15/h3H,4-7H2,1-2H3,(H,14,15). The number of rotatable bonds is 5. The maximum absolute atomic E-state index is 10.4. The van der Waals surface area contributed by atoms with Gasteiger partial charge in [-0.2, -0.15) is 0 Å². The second-order valence-electron chi connectivity index (χ2n) is 4.71. The van der Waals surface area contributed by atoms with E-state index in [0.29, 0.717) is 19.6 Å². The topological polar surface area (TPSA) is 75.8 Å². The molecule has 94 valence electrons. The molecule has 0 saturated carbocycles. The molecule has 6 heteroatoms. The number of aliphatic carboxylic acids is 1. The molecule has 1 aromatic rings. The van der Waals surface area contributed by atoms with Gasteiger partial charge in [-0.05, 0) is 13.8 Å². The van der Waals surface area contributed by atoms with Crippen molar-refractivity contribution in [2.45, 2.75) is 26.0 Å². The number of hydrogen-bond acceptors (Lipinski definition) is 5. The van der Waals surface area contributed by atoms with Gasteiger partial charge in [0.25, 0.3) is 0 Å². The third-order valence-corrected chi connectivity index (χ3v) is 2.72. The van der Waals surface area contributed by atoms with Crippen LogP contribution >= 0.6 is 0 Å². The first-order valence-corrected chi connectivity index (χ1v) is 5.47. The second-order valence-corrected chi connectivity index (χ2v) is 4.71. The Morgan fingerprint density at radius 3 is 2.94 bits per heavy atom. The maximum atomic E-state index is 10.4. The first-order chi connectivity index (χ1) is 7.97. The fourth-order valence-corrected chi connectivity index (χ4v) is 2.06. The van der Waals surface area contributed by atoms with Crippen LogP contribution in [0.3, 0.4) is 0 Å². The summed E-state index contributed by atoms with van der Waals surface area (Å²) >= 11 is 0. The lowest BCUT2D eigenvalue weighted by Gasteiger charge is -2.47. The Hall–Kier alpha value is -1.40. The van der Waals surface area contributed by atoms with Crippen LogP contribution in [-0.2, 0) is 16.1 Å². The van der Waals surface area contributed by atoms with Gasteiger partial charge in [-0.15, -0.1) is 0 Å². The third kappa shape index (κ3) is 3.04. The highest BCUT2D eigenvalue weighted by Crippen LogP contribution is 2.26. The number of aromatic nitrogens is 1. The lowest BCUT2D eigenvalue weighted by atomic mass is 9.96. The number of carboxylic acid groups (broad SMARTS) is 1. The van der Waals surface area contributed by atoms with Crippen LogP contribution < -0.4 is 0 Å². The van der Waals surface area contributed by atoms with E-state index in [0.717, 1.165) is 11.5 Å². The van der Waals surface area contributed by atoms with Crippen LogP contribution in [0.15, 0.2) is 10.6 Å². The summed E-state index contributed by atoms with van der Waals surface area (Å²) in [5, 5.41) is 12.4. The van der Waals surface area contributed by atoms with E-state index in [1.165, 1.54) is 0 Å². The van der Waals surface area contributed by atoms with Gasteiger partial charge in [-0.1, -0.05) is 5.16 Å². The monoisotopic (exact) mass is 240 g/mol. The molecule has 2 heterocycles. The fraction of sp³-hybridized carbons (Fsp3) is 0.636. The van der Waals surface area contributed by atoms with Crippen molar-refractivity contribution in [1.29, 1.82) is 0 Å². The predicted octanol–water partition coefficient (Wildman–Crippen LogP) is 0.659. The van der Waals surface area contributed by atoms with Crippen LogP contribution in [0.4, 0.5) is 0 Å². The molecule has 0 aliphatic carbocycles. The largest absolute Gasteiger partial charge is 0.480 e. The molecule has 0 unspecified atom stereocenters. The molecule has 0 atom stereocenters. The van der Waals surface area contributed by atoms with Crippen molar-refractivity contribution in [3.05, 3.63) is 17.5 Å². The zero-order valence-electron chi connectivity index (χ0n) is 9.97. The summed E-state index contributed by atoms with van der Waals surface area (Å²) in [5.41, 5.74) is 0.541. The van der Waals surface area contributed by atoms with Crippen LogP contribution in [0, 0.1) is 6.92 Å². The van der Waals surface area contributed by atoms with E-state index in [1.807, 2.05) is 19.9 Å². The molecule has 6 nitrogen and oxygen atoms in total. The number of carboxylic acids is 1. The minimum atomic E-state index is -0.934. The molecule has 1 fully saturated rings. The summed E-state index contributed by atoms with van der Waals surface area (Å²) in [4.78, 5) is 12.5. The van der Waals surface area contributed by atoms with Gasteiger partial charge in [0.2, 0.25) is 0 Å². The van der Waals surface area contributed by atoms with Crippen LogP contribution in [0.1, 0.15) is 18.4 Å². The van der Waals surface area contributed by atoms with Crippen LogP contribution in [-0.4, -0.2) is 46.4 Å². The van der Waals surface area contributed by atoms with Gasteiger partial charge in [0.15, 0.2) is 0 Å². The van der Waals surface area contributed by atoms with Crippen molar-refractivity contribution in [2.24, 2.45) is 0 Å². The molecule has 1 aromatic heterocycles. The van der Waals surface area contributed by atoms with Gasteiger partial charge in [-0.25, -0.2) is 4.79 Å². The summed E-state index contributed by atoms with van der Waals surface area (Å²) in [6.45, 7) is 5.67. The summed E-state index contributed by atoms with van der Waals surface area (Å²) in [6, 6.07) is 1.90. The van der Waals surface area contributed by atoms with Gasteiger partial charge in [-0.3, -0.25) is 4.90 Å². The Morgan fingerprint density at radius 2 is 2.41 bits per heavy atom. The van der Waals surface area contributed by atoms with Crippen molar-refractivity contribution in [1.82, 2.24) is 10.1 Å². The van der Waals surface area contributed by atoms with E-state index in [2.05, 4.69) is 10.1 Å². The number of aryl methyl sites for hydroxylation is 1. The molecule has 2 rings (SSSR count). The number of ether oxygens (including phenoxy) is 1. The molecule has 1 aliphatic heterocycles. The van der Waals surface area contributed by atoms with Crippen molar-refractivity contribution in [3.63, 3.8) is 0 Å². The second kappa shape index (κ2) is 4.46. The lowest BCUT2D eigenvalue weighted by Crippen LogP contribution is -2.61. The smallest absolute Gasteiger partial charge is 0.329 e. The third-order valence-electron chi connectivity index (χ3n) is 2.72. The summed E-state index contributed by atoms with van der Waals surface area (Å²) in [5.74, 6) is -0.137. The molecule has 17 heavy (non-hydrogen) atoms. The van der Waals surface area contributed by atoms with Crippen molar-refractivity contribution >= 4 is 5.97 Å². The highest BCUT2D eigenvalue weighted by atomic mass is 16.5. The molecule has 0 radical (unpaired) electrons. The van der Waals surface area contributed by atoms with E-state index < -0.39 is 5.97 Å². The summed E-state index contributed by atoms with van der Waals surface area (Å²) in [7, 11) is 0. The van der Waals surface area contributed by atoms with Gasteiger partial charge >= 0.3 is 5.97 Å². The Morgan fingerprint density at radius 1 is 1.71 bits per heavy atom. The SMILES string of the molecule is Cc1cc(CN2CC(C)(OCC(=O)O)C2)no1. The van der Waals surface area contributed by atoms with Crippen molar-refractivity contribution in [2.75, 3.05) is 19.7 Å². The molecule has 0 aromatic carbocycles. The predicted molar refractivity (Wildman–Crippen MR) is 58.5 cm³/mol. The molecular formula is C11H16N2O4. The van der Waals surface area contributed by atoms with Gasteiger partial charge < -0.3 is 14.4 Å². The molecule has 0 spiro atoms. The molecule has 0 amide bonds. The summed E-state index contributed by atoms with van der Waals surface area (Å²) in [6.07, 6.45) is 0. The van der Waals surface area contributed by atoms with Crippen LogP contribution in [0.5, 0.6) is 0 Å². The summed E-state index contributed by atoms with van der Waals surface area (Å²) < 4.78 is 10.3. The number of carbonyl (C=O) groups is 1. The minimum Gasteiger partial charge on any atom is -0.480 e. The Kier molecular flexibility index (Phi) is 3.17. The number of nitrogens with zero attached hydrogens (tertiary/aromatic N) is 2. The van der Waals surface area contributed by atoms with E-state index in [9.17, 15) is 4.79 Å². The zero-order valence-corrected chi connectivity index (χ0v) is 9.97. The fourth-order valence-electron chi connectivity index (χ4n) is 2.06. The molecule has 1 aliphatic rings. The zero-order chi connectivity index (χ0) is 12.5. The molecule has 1 N–H and O–H groups in total. The molecular weight excluding hydrogens is 224 g/mol. The van der Waals surface area contributed by atoms with E-state index >= 15 is 0 Å². The van der Waals surface area contributed by atoms with Crippen LogP contribution in [0.25, 0.3) is 0 Å². The highest BCUT2D eigenvalue weighted by molar-refractivity contribution is 5.68. The van der Waals surface area contributed by atoms with Gasteiger partial charge in [0.1, 0.15) is 12.4 Å². The molecule has 1 saturated heterocycles. The average Bonchev–Trinajstić information content (AvgIpc) is 2.59. The first-order valence-electron chi connectivity index (χ1n) is 5.47. The number of hydrogen-bond donors (Lipinski definition) is 1. The Bertz CT molecular complexity index is 409. The number of likely N-dealkylation sites (tertiary alicyclic amines) is 1. The normalized spacial score (nSPS) is 18.9. The van der Waals surface area contributed by atoms with Crippen molar-refractivity contribution < 1.29 is 19.2 Å². The minimum absolute atomic E-state index is 0.243. The molecule has 0 bridgehead atoms. The van der Waals surface area contributed by atoms with E-state index in [1.54, 1.807) is 0 Å². The van der Waals surface area contributed by atoms with E-state index in [-0.39, 0.29) is 12.2 Å². The van der Waals surface area contributed by atoms with Crippen molar-refractivity contribution in [3.8, 4) is 0 Å². The first kappa shape index (κ1) is 12.1. The lowest BCUT2D eigenvalue weighted by molar-refractivity contribution is -0.165. The highest BCUT2D eigenvalue weighted by Gasteiger charge is 2.40. The van der Waals surface area contributed by atoms with Gasteiger partial charge in [0.05, 0.1) is 11.3 Å². The Labute approximate surface area is 99.1 Å². The average molecular weight is 240 g/mol. The van der Waals surface area contributed by atoms with Gasteiger partial charge in [0, 0.05) is 25.7 Å².